The predicted molar refractivity (Wildman–Crippen MR) is 51.5 cm³/mol. The third-order valence-electron chi connectivity index (χ3n) is 2.02. The first-order chi connectivity index (χ1) is 7.31. The number of rotatable bonds is 7. The molecule has 3 nitrogen and oxygen atoms in total. The molecule has 96 valence electrons. The lowest BCUT2D eigenvalue weighted by atomic mass is 10.1. The van der Waals surface area contributed by atoms with Crippen molar-refractivity contribution in [3.8, 4) is 0 Å². The Morgan fingerprint density at radius 3 is 2.44 bits per heavy atom. The fraction of sp³-hybridized carbons (Fsp3) is 0.889. The van der Waals surface area contributed by atoms with Gasteiger partial charge in [0.05, 0.1) is 12.6 Å². The van der Waals surface area contributed by atoms with E-state index in [0.29, 0.717) is 12.8 Å². The summed E-state index contributed by atoms with van der Waals surface area (Å²) in [6.45, 7) is 0.499. The third-order valence-corrected chi connectivity index (χ3v) is 2.02. The normalized spacial score (nSPS) is 13.9. The Labute approximate surface area is 91.4 Å². The molecule has 0 aromatic carbocycles. The lowest BCUT2D eigenvalue weighted by Gasteiger charge is -2.17. The van der Waals surface area contributed by atoms with Crippen molar-refractivity contribution in [2.24, 2.45) is 5.73 Å². The highest BCUT2D eigenvalue weighted by atomic mass is 19.3. The minimum absolute atomic E-state index is 0.350. The highest BCUT2D eigenvalue weighted by Crippen LogP contribution is 2.21. The summed E-state index contributed by atoms with van der Waals surface area (Å²) in [6, 6.07) is -0.923. The minimum Gasteiger partial charge on any atom is -0.348 e. The van der Waals surface area contributed by atoms with Gasteiger partial charge in [-0.05, 0) is 6.42 Å². The fourth-order valence-electron chi connectivity index (χ4n) is 0.968. The maximum atomic E-state index is 12.4. The highest BCUT2D eigenvalue weighted by Gasteiger charge is 2.41. The first kappa shape index (κ1) is 15.2. The van der Waals surface area contributed by atoms with E-state index in [1.807, 2.05) is 6.92 Å². The summed E-state index contributed by atoms with van der Waals surface area (Å²) in [4.78, 5) is 11.1. The van der Waals surface area contributed by atoms with Crippen molar-refractivity contribution in [3.63, 3.8) is 0 Å². The van der Waals surface area contributed by atoms with Crippen molar-refractivity contribution in [2.45, 2.75) is 44.6 Å². The van der Waals surface area contributed by atoms with Gasteiger partial charge >= 0.3 is 12.3 Å². The largest absolute Gasteiger partial charge is 0.348 e. The lowest BCUT2D eigenvalue weighted by molar-refractivity contribution is -0.137. The summed E-state index contributed by atoms with van der Waals surface area (Å²) in [6.07, 6.45) is -1.95. The first-order valence-corrected chi connectivity index (χ1v) is 5.00. The number of halogens is 4. The van der Waals surface area contributed by atoms with Crippen LogP contribution in [-0.2, 0) is 4.79 Å². The molecule has 0 fully saturated rings. The van der Waals surface area contributed by atoms with E-state index in [-0.39, 0.29) is 0 Å². The number of carbonyl (C=O) groups is 1. The van der Waals surface area contributed by atoms with Gasteiger partial charge in [-0.1, -0.05) is 19.8 Å². The SMILES string of the molecule is CCCCC(N)C(=O)NCC(F)(F)C(F)F. The third kappa shape index (κ3) is 5.29. The molecule has 0 radical (unpaired) electrons. The van der Waals surface area contributed by atoms with E-state index < -0.39 is 30.8 Å². The predicted octanol–water partition coefficient (Wildman–Crippen LogP) is 1.52. The Balaban J connectivity index is 3.97. The summed E-state index contributed by atoms with van der Waals surface area (Å²) in [7, 11) is 0. The molecule has 0 aliphatic rings. The van der Waals surface area contributed by atoms with Crippen molar-refractivity contribution in [1.29, 1.82) is 0 Å². The topological polar surface area (TPSA) is 55.1 Å². The van der Waals surface area contributed by atoms with Gasteiger partial charge in [0.25, 0.3) is 0 Å². The van der Waals surface area contributed by atoms with Crippen molar-refractivity contribution in [1.82, 2.24) is 5.32 Å². The van der Waals surface area contributed by atoms with Crippen molar-refractivity contribution in [3.05, 3.63) is 0 Å². The molecule has 1 atom stereocenters. The molecule has 0 aromatic rings. The van der Waals surface area contributed by atoms with Crippen LogP contribution in [0.4, 0.5) is 17.6 Å². The average Bonchev–Trinajstić information content (AvgIpc) is 2.22. The maximum absolute atomic E-state index is 12.4. The van der Waals surface area contributed by atoms with Crippen LogP contribution in [-0.4, -0.2) is 30.8 Å². The quantitative estimate of drug-likeness (QED) is 0.667. The second-order valence-corrected chi connectivity index (χ2v) is 3.53. The monoisotopic (exact) mass is 244 g/mol. The zero-order valence-electron chi connectivity index (χ0n) is 8.98. The Morgan fingerprint density at radius 2 is 2.00 bits per heavy atom. The van der Waals surface area contributed by atoms with Crippen molar-refractivity contribution >= 4 is 5.91 Å². The Kier molecular flexibility index (Phi) is 6.32. The van der Waals surface area contributed by atoms with Crippen molar-refractivity contribution in [2.75, 3.05) is 6.54 Å². The molecule has 0 rings (SSSR count). The molecule has 0 heterocycles. The molecule has 0 aromatic heterocycles. The second-order valence-electron chi connectivity index (χ2n) is 3.53. The molecule has 1 amide bonds. The molecule has 0 saturated carbocycles. The molecular formula is C9H16F4N2O. The van der Waals surface area contributed by atoms with Gasteiger partial charge in [0.2, 0.25) is 5.91 Å². The van der Waals surface area contributed by atoms with E-state index >= 15 is 0 Å². The van der Waals surface area contributed by atoms with Gasteiger partial charge in [0, 0.05) is 0 Å². The maximum Gasteiger partial charge on any atom is 0.324 e. The first-order valence-electron chi connectivity index (χ1n) is 5.00. The van der Waals surface area contributed by atoms with E-state index in [2.05, 4.69) is 0 Å². The van der Waals surface area contributed by atoms with E-state index in [1.54, 1.807) is 5.32 Å². The standard InChI is InChI=1S/C9H16F4N2O/c1-2-3-4-6(14)7(16)15-5-9(12,13)8(10)11/h6,8H,2-5,14H2,1H3,(H,15,16). The number of amides is 1. The Hall–Kier alpha value is -0.850. The molecule has 0 saturated heterocycles. The molecule has 7 heteroatoms. The summed E-state index contributed by atoms with van der Waals surface area (Å²) < 4.78 is 48.3. The zero-order valence-corrected chi connectivity index (χ0v) is 8.98. The van der Waals surface area contributed by atoms with Gasteiger partial charge in [-0.2, -0.15) is 8.78 Å². The van der Waals surface area contributed by atoms with Crippen LogP contribution < -0.4 is 11.1 Å². The molecule has 0 aliphatic carbocycles. The van der Waals surface area contributed by atoms with Gasteiger partial charge in [0.15, 0.2) is 0 Å². The Bertz CT molecular complexity index is 224. The zero-order chi connectivity index (χ0) is 12.8. The van der Waals surface area contributed by atoms with E-state index in [1.165, 1.54) is 0 Å². The van der Waals surface area contributed by atoms with Crippen LogP contribution in [0.25, 0.3) is 0 Å². The van der Waals surface area contributed by atoms with Crippen LogP contribution >= 0.6 is 0 Å². The molecule has 0 spiro atoms. The van der Waals surface area contributed by atoms with Crippen LogP contribution in [0.1, 0.15) is 26.2 Å². The molecular weight excluding hydrogens is 228 g/mol. The number of nitrogens with two attached hydrogens (primary N) is 1. The number of hydrogen-bond acceptors (Lipinski definition) is 2. The van der Waals surface area contributed by atoms with Crippen LogP contribution in [0.2, 0.25) is 0 Å². The van der Waals surface area contributed by atoms with Gasteiger partial charge in [-0.15, -0.1) is 0 Å². The van der Waals surface area contributed by atoms with Crippen LogP contribution in [0.15, 0.2) is 0 Å². The minimum atomic E-state index is -4.21. The van der Waals surface area contributed by atoms with Crippen LogP contribution in [0, 0.1) is 0 Å². The average molecular weight is 244 g/mol. The number of unbranched alkanes of at least 4 members (excludes halogenated alkanes) is 1. The lowest BCUT2D eigenvalue weighted by Crippen LogP contribution is -2.47. The number of hydrogen-bond donors (Lipinski definition) is 2. The van der Waals surface area contributed by atoms with Gasteiger partial charge in [0.1, 0.15) is 0 Å². The summed E-state index contributed by atoms with van der Waals surface area (Å²) in [5.74, 6) is -5.03. The molecule has 0 bridgehead atoms. The fourth-order valence-corrected chi connectivity index (χ4v) is 0.968. The second kappa shape index (κ2) is 6.67. The summed E-state index contributed by atoms with van der Waals surface area (Å²) >= 11 is 0. The molecule has 1 unspecified atom stereocenters. The summed E-state index contributed by atoms with van der Waals surface area (Å²) in [5.41, 5.74) is 5.36. The smallest absolute Gasteiger partial charge is 0.324 e. The van der Waals surface area contributed by atoms with Gasteiger partial charge < -0.3 is 11.1 Å². The highest BCUT2D eigenvalue weighted by molar-refractivity contribution is 5.81. The summed E-state index contributed by atoms with van der Waals surface area (Å²) in [5, 5.41) is 1.72. The van der Waals surface area contributed by atoms with E-state index in [0.717, 1.165) is 6.42 Å². The van der Waals surface area contributed by atoms with Crippen molar-refractivity contribution < 1.29 is 22.4 Å². The molecule has 16 heavy (non-hydrogen) atoms. The number of nitrogens with one attached hydrogen (secondary N) is 1. The number of alkyl halides is 4. The molecule has 3 N–H and O–H groups in total. The van der Waals surface area contributed by atoms with Crippen LogP contribution in [0.5, 0.6) is 0 Å². The Morgan fingerprint density at radius 1 is 1.44 bits per heavy atom. The van der Waals surface area contributed by atoms with E-state index in [9.17, 15) is 22.4 Å². The van der Waals surface area contributed by atoms with Gasteiger partial charge in [-0.3, -0.25) is 4.79 Å². The van der Waals surface area contributed by atoms with Gasteiger partial charge in [-0.25, -0.2) is 8.78 Å². The number of carbonyl (C=O) groups excluding carboxylic acids is 1. The molecule has 0 aliphatic heterocycles. The van der Waals surface area contributed by atoms with Crippen LogP contribution in [0.3, 0.4) is 0 Å². The van der Waals surface area contributed by atoms with E-state index in [4.69, 9.17) is 5.73 Å².